The largest absolute Gasteiger partial charge is 0.497 e. The number of hydrogen-bond donors (Lipinski definition) is 1. The summed E-state index contributed by atoms with van der Waals surface area (Å²) in [6.07, 6.45) is 1.89. The van der Waals surface area contributed by atoms with Crippen LogP contribution in [0.15, 0.2) is 42.5 Å². The van der Waals surface area contributed by atoms with Crippen molar-refractivity contribution in [1.29, 1.82) is 5.26 Å². The van der Waals surface area contributed by atoms with Crippen molar-refractivity contribution in [2.75, 3.05) is 39.7 Å². The van der Waals surface area contributed by atoms with E-state index in [9.17, 15) is 10.1 Å². The third-order valence-corrected chi connectivity index (χ3v) is 6.92. The van der Waals surface area contributed by atoms with Gasteiger partial charge in [0.2, 0.25) is 5.91 Å². The number of nitriles is 1. The van der Waals surface area contributed by atoms with E-state index in [4.69, 9.17) is 14.2 Å². The molecule has 2 aromatic carbocycles. The highest BCUT2D eigenvalue weighted by Gasteiger charge is 2.31. The van der Waals surface area contributed by atoms with Crippen LogP contribution in [0.5, 0.6) is 17.2 Å². The van der Waals surface area contributed by atoms with E-state index in [1.165, 1.54) is 0 Å². The smallest absolute Gasteiger partial charge is 0.239 e. The van der Waals surface area contributed by atoms with Crippen LogP contribution >= 0.6 is 0 Å². The predicted molar refractivity (Wildman–Crippen MR) is 138 cm³/mol. The lowest BCUT2D eigenvalue weighted by Crippen LogP contribution is -2.33. The Labute approximate surface area is 212 Å². The average molecular weight is 489 g/mol. The molecule has 1 aliphatic rings. The van der Waals surface area contributed by atoms with Crippen molar-refractivity contribution in [2.24, 2.45) is 0 Å². The Kier molecular flexibility index (Phi) is 7.51. The van der Waals surface area contributed by atoms with Crippen molar-refractivity contribution in [3.8, 4) is 29.0 Å². The van der Waals surface area contributed by atoms with Crippen LogP contribution in [0.2, 0.25) is 0 Å². The minimum absolute atomic E-state index is 0.0353. The molecule has 0 saturated carbocycles. The van der Waals surface area contributed by atoms with Crippen LogP contribution in [0, 0.1) is 25.2 Å². The summed E-state index contributed by atoms with van der Waals surface area (Å²) in [7, 11) is 4.91. The van der Waals surface area contributed by atoms with Crippen molar-refractivity contribution in [1.82, 2.24) is 9.47 Å². The molecular weight excluding hydrogens is 456 g/mol. The summed E-state index contributed by atoms with van der Waals surface area (Å²) in [5, 5.41) is 12.9. The van der Waals surface area contributed by atoms with E-state index in [1.54, 1.807) is 21.3 Å². The van der Waals surface area contributed by atoms with Gasteiger partial charge in [0, 0.05) is 23.0 Å². The van der Waals surface area contributed by atoms with Crippen LogP contribution in [-0.2, 0) is 4.79 Å². The summed E-state index contributed by atoms with van der Waals surface area (Å²) < 4.78 is 18.2. The summed E-state index contributed by atoms with van der Waals surface area (Å²) in [6, 6.07) is 15.6. The molecule has 1 aromatic heterocycles. The Morgan fingerprint density at radius 3 is 2.39 bits per heavy atom. The Morgan fingerprint density at radius 2 is 1.75 bits per heavy atom. The van der Waals surface area contributed by atoms with Gasteiger partial charge >= 0.3 is 0 Å². The lowest BCUT2D eigenvalue weighted by molar-refractivity contribution is -0.117. The van der Waals surface area contributed by atoms with E-state index >= 15 is 0 Å². The molecule has 36 heavy (non-hydrogen) atoms. The maximum Gasteiger partial charge on any atom is 0.239 e. The topological polar surface area (TPSA) is 88.8 Å². The van der Waals surface area contributed by atoms with Gasteiger partial charge in [0.05, 0.1) is 33.4 Å². The molecule has 4 rings (SSSR count). The average Bonchev–Trinajstić information content (AvgIpc) is 3.45. The number of anilines is 1. The first kappa shape index (κ1) is 25.1. The van der Waals surface area contributed by atoms with Gasteiger partial charge in [-0.15, -0.1) is 0 Å². The third kappa shape index (κ3) is 4.75. The van der Waals surface area contributed by atoms with Crippen molar-refractivity contribution in [2.45, 2.75) is 32.7 Å². The predicted octanol–water partition coefficient (Wildman–Crippen LogP) is 4.77. The fourth-order valence-corrected chi connectivity index (χ4v) is 4.94. The summed E-state index contributed by atoms with van der Waals surface area (Å²) in [4.78, 5) is 15.5. The number of carbonyl (C=O) groups is 1. The van der Waals surface area contributed by atoms with Gasteiger partial charge in [-0.1, -0.05) is 0 Å². The molecule has 0 radical (unpaired) electrons. The van der Waals surface area contributed by atoms with Crippen LogP contribution in [0.4, 0.5) is 5.82 Å². The first-order chi connectivity index (χ1) is 17.4. The van der Waals surface area contributed by atoms with Gasteiger partial charge in [-0.2, -0.15) is 5.26 Å². The highest BCUT2D eigenvalue weighted by Crippen LogP contribution is 2.39. The first-order valence-electron chi connectivity index (χ1n) is 11.9. The zero-order valence-corrected chi connectivity index (χ0v) is 21.4. The molecule has 1 atom stereocenters. The molecule has 1 aliphatic heterocycles. The molecular formula is C28H32N4O4. The molecule has 8 nitrogen and oxygen atoms in total. The summed E-state index contributed by atoms with van der Waals surface area (Å²) in [5.41, 5.74) is 4.04. The van der Waals surface area contributed by atoms with Gasteiger partial charge in [-0.05, 0) is 81.3 Å². The summed E-state index contributed by atoms with van der Waals surface area (Å²) in [6.45, 7) is 4.83. The van der Waals surface area contributed by atoms with E-state index < -0.39 is 0 Å². The zero-order valence-electron chi connectivity index (χ0n) is 21.4. The lowest BCUT2D eigenvalue weighted by atomic mass is 10.0. The number of nitrogens with one attached hydrogen (secondary N) is 1. The molecule has 1 fully saturated rings. The van der Waals surface area contributed by atoms with Crippen molar-refractivity contribution < 1.29 is 19.0 Å². The maximum atomic E-state index is 13.3. The van der Waals surface area contributed by atoms with E-state index in [2.05, 4.69) is 16.3 Å². The molecule has 1 unspecified atom stereocenters. The number of benzene rings is 2. The maximum absolute atomic E-state index is 13.3. The molecule has 3 aromatic rings. The van der Waals surface area contributed by atoms with Crippen molar-refractivity contribution in [3.63, 3.8) is 0 Å². The molecule has 8 heteroatoms. The highest BCUT2D eigenvalue weighted by molar-refractivity contribution is 5.93. The van der Waals surface area contributed by atoms with E-state index in [0.717, 1.165) is 59.1 Å². The quantitative estimate of drug-likeness (QED) is 0.492. The Balaban J connectivity index is 1.61. The van der Waals surface area contributed by atoms with Gasteiger partial charge in [0.25, 0.3) is 0 Å². The number of hydrogen-bond acceptors (Lipinski definition) is 6. The van der Waals surface area contributed by atoms with Gasteiger partial charge in [0.1, 0.15) is 29.1 Å². The van der Waals surface area contributed by atoms with Crippen LogP contribution in [0.3, 0.4) is 0 Å². The molecule has 2 heterocycles. The Morgan fingerprint density at radius 1 is 1.06 bits per heavy atom. The van der Waals surface area contributed by atoms with Crippen LogP contribution in [0.1, 0.15) is 41.3 Å². The summed E-state index contributed by atoms with van der Waals surface area (Å²) >= 11 is 0. The monoisotopic (exact) mass is 488 g/mol. The second-order valence-corrected chi connectivity index (χ2v) is 8.86. The second-order valence-electron chi connectivity index (χ2n) is 8.86. The number of nitrogens with zero attached hydrogens (tertiary/aromatic N) is 3. The molecule has 0 aliphatic carbocycles. The normalized spacial score (nSPS) is 15.4. The van der Waals surface area contributed by atoms with E-state index in [1.807, 2.05) is 60.9 Å². The Bertz CT molecular complexity index is 1290. The number of likely N-dealkylation sites (tertiary alicyclic amines) is 1. The number of rotatable bonds is 8. The standard InChI is InChI=1S/C28H32N4O4/c1-18-19(2)32(20-8-10-21(34-3)11-9-20)28(24(18)16-29)30-27(33)17-31-14-6-7-25(31)23-15-22(35-4)12-13-26(23)36-5/h8-13,15,25H,6-7,14,17H2,1-5H3,(H,30,33). The van der Waals surface area contributed by atoms with Crippen LogP contribution < -0.4 is 19.5 Å². The van der Waals surface area contributed by atoms with E-state index in [-0.39, 0.29) is 18.5 Å². The van der Waals surface area contributed by atoms with E-state index in [0.29, 0.717) is 11.4 Å². The molecule has 1 N–H and O–H groups in total. The fraction of sp³-hybridized carbons (Fsp3) is 0.357. The molecule has 188 valence electrons. The number of methoxy groups -OCH3 is 3. The summed E-state index contributed by atoms with van der Waals surface area (Å²) in [5.74, 6) is 2.58. The lowest BCUT2D eigenvalue weighted by Gasteiger charge is -2.26. The van der Waals surface area contributed by atoms with Crippen molar-refractivity contribution in [3.05, 3.63) is 64.8 Å². The number of aromatic nitrogens is 1. The molecule has 1 amide bonds. The molecule has 0 bridgehead atoms. The van der Waals surface area contributed by atoms with Gasteiger partial charge in [-0.25, -0.2) is 0 Å². The van der Waals surface area contributed by atoms with Crippen LogP contribution in [0.25, 0.3) is 5.69 Å². The third-order valence-electron chi connectivity index (χ3n) is 6.92. The van der Waals surface area contributed by atoms with Crippen molar-refractivity contribution >= 4 is 11.7 Å². The minimum atomic E-state index is -0.174. The number of ether oxygens (including phenoxy) is 3. The fourth-order valence-electron chi connectivity index (χ4n) is 4.94. The number of carbonyl (C=O) groups excluding carboxylic acids is 1. The minimum Gasteiger partial charge on any atom is -0.497 e. The van der Waals surface area contributed by atoms with Gasteiger partial charge in [-0.3, -0.25) is 14.3 Å². The highest BCUT2D eigenvalue weighted by atomic mass is 16.5. The van der Waals surface area contributed by atoms with Gasteiger partial charge < -0.3 is 19.5 Å². The number of amides is 1. The van der Waals surface area contributed by atoms with Crippen LogP contribution in [-0.4, -0.2) is 49.8 Å². The Hall–Kier alpha value is -3.96. The molecule has 1 saturated heterocycles. The molecule has 0 spiro atoms. The second kappa shape index (κ2) is 10.8. The van der Waals surface area contributed by atoms with Gasteiger partial charge in [0.15, 0.2) is 0 Å². The zero-order chi connectivity index (χ0) is 25.8. The first-order valence-corrected chi connectivity index (χ1v) is 11.9. The SMILES string of the molecule is COc1ccc(-n2c(C)c(C)c(C#N)c2NC(=O)CN2CCCC2c2cc(OC)ccc2OC)cc1.